The lowest BCUT2D eigenvalue weighted by molar-refractivity contribution is -0.142. The second kappa shape index (κ2) is 8.12. The molecule has 0 fully saturated rings. The number of carboxylic acid groups (broad SMARTS) is 1. The Labute approximate surface area is 152 Å². The molecule has 1 atom stereocenters. The number of hydrogen-bond donors (Lipinski definition) is 2. The fourth-order valence-electron chi connectivity index (χ4n) is 2.95. The molecule has 0 aliphatic rings. The van der Waals surface area contributed by atoms with E-state index in [-0.39, 0.29) is 24.2 Å². The molecule has 0 aliphatic heterocycles. The number of carbonyl (C=O) groups excluding carboxylic acids is 1. The molecule has 2 aromatic rings. The van der Waals surface area contributed by atoms with E-state index in [0.717, 1.165) is 0 Å². The van der Waals surface area contributed by atoms with Crippen LogP contribution in [0.25, 0.3) is 5.69 Å². The van der Waals surface area contributed by atoms with Crippen molar-refractivity contribution in [1.82, 2.24) is 15.1 Å². The fraction of sp³-hybridized carbons (Fsp3) is 0.421. The van der Waals surface area contributed by atoms with Crippen LogP contribution >= 0.6 is 0 Å². The van der Waals surface area contributed by atoms with Gasteiger partial charge in [0.1, 0.15) is 5.82 Å². The molecular formula is C19H24FN3O3. The van der Waals surface area contributed by atoms with Crippen LogP contribution in [0, 0.1) is 31.5 Å². The summed E-state index contributed by atoms with van der Waals surface area (Å²) in [5.41, 5.74) is 2.19. The highest BCUT2D eigenvalue weighted by Gasteiger charge is 2.23. The minimum atomic E-state index is -0.922. The number of rotatable bonds is 7. The number of carbonyl (C=O) groups is 2. The third-order valence-corrected chi connectivity index (χ3v) is 4.20. The zero-order valence-corrected chi connectivity index (χ0v) is 15.4. The molecule has 26 heavy (non-hydrogen) atoms. The molecule has 0 saturated heterocycles. The van der Waals surface area contributed by atoms with E-state index in [4.69, 9.17) is 0 Å². The number of hydrogen-bond acceptors (Lipinski definition) is 3. The molecule has 1 aromatic heterocycles. The summed E-state index contributed by atoms with van der Waals surface area (Å²) >= 11 is 0. The number of nitrogens with zero attached hydrogens (tertiary/aromatic N) is 2. The van der Waals surface area contributed by atoms with Crippen molar-refractivity contribution in [3.8, 4) is 5.69 Å². The van der Waals surface area contributed by atoms with E-state index in [0.29, 0.717) is 29.1 Å². The van der Waals surface area contributed by atoms with E-state index in [2.05, 4.69) is 10.4 Å². The van der Waals surface area contributed by atoms with Crippen LogP contribution in [0.3, 0.4) is 0 Å². The number of amides is 1. The molecule has 0 bridgehead atoms. The lowest BCUT2D eigenvalue weighted by Gasteiger charge is -2.15. The second-order valence-corrected chi connectivity index (χ2v) is 6.81. The van der Waals surface area contributed by atoms with Crippen molar-refractivity contribution in [2.45, 2.75) is 34.1 Å². The lowest BCUT2D eigenvalue weighted by Crippen LogP contribution is -2.34. The third kappa shape index (κ3) is 4.47. The Morgan fingerprint density at radius 2 is 1.85 bits per heavy atom. The molecule has 0 radical (unpaired) electrons. The first kappa shape index (κ1) is 19.6. The molecule has 1 aromatic carbocycles. The maximum atomic E-state index is 13.1. The van der Waals surface area contributed by atoms with Gasteiger partial charge in [0.2, 0.25) is 0 Å². The lowest BCUT2D eigenvalue weighted by atomic mass is 9.97. The summed E-state index contributed by atoms with van der Waals surface area (Å²) in [5.74, 6) is -2.04. The van der Waals surface area contributed by atoms with Gasteiger partial charge in [-0.1, -0.05) is 13.8 Å². The van der Waals surface area contributed by atoms with Gasteiger partial charge in [0, 0.05) is 6.54 Å². The monoisotopic (exact) mass is 361 g/mol. The van der Waals surface area contributed by atoms with Crippen LogP contribution in [-0.2, 0) is 4.79 Å². The van der Waals surface area contributed by atoms with E-state index >= 15 is 0 Å². The molecule has 0 spiro atoms. The van der Waals surface area contributed by atoms with Gasteiger partial charge in [-0.15, -0.1) is 0 Å². The molecule has 7 heteroatoms. The Kier molecular flexibility index (Phi) is 6.13. The fourth-order valence-corrected chi connectivity index (χ4v) is 2.95. The highest BCUT2D eigenvalue weighted by atomic mass is 19.1. The average molecular weight is 361 g/mol. The molecule has 2 rings (SSSR count). The normalized spacial score (nSPS) is 12.2. The van der Waals surface area contributed by atoms with Crippen LogP contribution < -0.4 is 5.32 Å². The Morgan fingerprint density at radius 3 is 2.38 bits per heavy atom. The smallest absolute Gasteiger partial charge is 0.308 e. The summed E-state index contributed by atoms with van der Waals surface area (Å²) in [4.78, 5) is 23.9. The molecule has 1 heterocycles. The molecule has 6 nitrogen and oxygen atoms in total. The summed E-state index contributed by atoms with van der Waals surface area (Å²) in [7, 11) is 0. The Bertz CT molecular complexity index is 797. The maximum absolute atomic E-state index is 13.1. The first-order chi connectivity index (χ1) is 12.2. The summed E-state index contributed by atoms with van der Waals surface area (Å²) in [5, 5.41) is 16.4. The summed E-state index contributed by atoms with van der Waals surface area (Å²) in [6.45, 7) is 7.41. The predicted molar refractivity (Wildman–Crippen MR) is 95.9 cm³/mol. The van der Waals surface area contributed by atoms with E-state index in [1.807, 2.05) is 13.8 Å². The van der Waals surface area contributed by atoms with Crippen LogP contribution in [0.15, 0.2) is 24.3 Å². The summed E-state index contributed by atoms with van der Waals surface area (Å²) in [6, 6.07) is 5.82. The standard InChI is InChI=1S/C19H24FN3O3/c1-11(2)9-14(19(25)26)10-21-18(24)17-12(3)22-23(13(17)4)16-7-5-15(20)6-8-16/h5-8,11,14H,9-10H2,1-4H3,(H,21,24)(H,25,26). The predicted octanol–water partition coefficient (Wildman–Crippen LogP) is 3.10. The zero-order chi connectivity index (χ0) is 19.4. The summed E-state index contributed by atoms with van der Waals surface area (Å²) in [6.07, 6.45) is 0.489. The van der Waals surface area contributed by atoms with Gasteiger partial charge in [-0.05, 0) is 50.5 Å². The molecular weight excluding hydrogens is 337 g/mol. The van der Waals surface area contributed by atoms with Gasteiger partial charge in [-0.3, -0.25) is 9.59 Å². The van der Waals surface area contributed by atoms with E-state index in [9.17, 15) is 19.1 Å². The van der Waals surface area contributed by atoms with Crippen LogP contribution in [-0.4, -0.2) is 33.3 Å². The van der Waals surface area contributed by atoms with E-state index in [1.165, 1.54) is 12.1 Å². The third-order valence-electron chi connectivity index (χ3n) is 4.20. The minimum Gasteiger partial charge on any atom is -0.481 e. The van der Waals surface area contributed by atoms with E-state index in [1.54, 1.807) is 30.7 Å². The Hall–Kier alpha value is -2.70. The second-order valence-electron chi connectivity index (χ2n) is 6.81. The molecule has 0 aliphatic carbocycles. The molecule has 0 saturated carbocycles. The van der Waals surface area contributed by atoms with Gasteiger partial charge in [0.15, 0.2) is 0 Å². The number of benzene rings is 1. The van der Waals surface area contributed by atoms with Gasteiger partial charge in [0.25, 0.3) is 5.91 Å². The van der Waals surface area contributed by atoms with Crippen LogP contribution in [0.1, 0.15) is 42.0 Å². The van der Waals surface area contributed by atoms with Crippen molar-refractivity contribution in [1.29, 1.82) is 0 Å². The van der Waals surface area contributed by atoms with Gasteiger partial charge < -0.3 is 10.4 Å². The average Bonchev–Trinajstić information content (AvgIpc) is 2.86. The van der Waals surface area contributed by atoms with Crippen molar-refractivity contribution >= 4 is 11.9 Å². The van der Waals surface area contributed by atoms with Gasteiger partial charge in [-0.2, -0.15) is 5.10 Å². The van der Waals surface area contributed by atoms with Gasteiger partial charge in [-0.25, -0.2) is 9.07 Å². The number of nitrogens with one attached hydrogen (secondary N) is 1. The van der Waals surface area contributed by atoms with Crippen LogP contribution in [0.5, 0.6) is 0 Å². The molecule has 1 amide bonds. The minimum absolute atomic E-state index is 0.0625. The van der Waals surface area contributed by atoms with Crippen molar-refractivity contribution in [2.75, 3.05) is 6.54 Å². The van der Waals surface area contributed by atoms with Crippen LogP contribution in [0.2, 0.25) is 0 Å². The zero-order valence-electron chi connectivity index (χ0n) is 15.4. The first-order valence-corrected chi connectivity index (χ1v) is 8.53. The van der Waals surface area contributed by atoms with Crippen LogP contribution in [0.4, 0.5) is 4.39 Å². The topological polar surface area (TPSA) is 84.2 Å². The molecule has 140 valence electrons. The van der Waals surface area contributed by atoms with Crippen molar-refractivity contribution in [3.05, 3.63) is 47.0 Å². The van der Waals surface area contributed by atoms with E-state index < -0.39 is 11.9 Å². The Morgan fingerprint density at radius 1 is 1.23 bits per heavy atom. The van der Waals surface area contributed by atoms with Gasteiger partial charge >= 0.3 is 5.97 Å². The first-order valence-electron chi connectivity index (χ1n) is 8.53. The molecule has 1 unspecified atom stereocenters. The maximum Gasteiger partial charge on any atom is 0.308 e. The quantitative estimate of drug-likeness (QED) is 0.794. The number of aromatic nitrogens is 2. The molecule has 2 N–H and O–H groups in total. The van der Waals surface area contributed by atoms with Crippen molar-refractivity contribution in [3.63, 3.8) is 0 Å². The van der Waals surface area contributed by atoms with Crippen molar-refractivity contribution in [2.24, 2.45) is 11.8 Å². The number of halogens is 1. The number of aliphatic carboxylic acids is 1. The highest BCUT2D eigenvalue weighted by molar-refractivity contribution is 5.96. The SMILES string of the molecule is Cc1nn(-c2ccc(F)cc2)c(C)c1C(=O)NCC(CC(C)C)C(=O)O. The largest absolute Gasteiger partial charge is 0.481 e. The van der Waals surface area contributed by atoms with Crippen molar-refractivity contribution < 1.29 is 19.1 Å². The Balaban J connectivity index is 2.19. The number of aryl methyl sites for hydroxylation is 1. The summed E-state index contributed by atoms with van der Waals surface area (Å²) < 4.78 is 14.7. The number of carboxylic acids is 1. The highest BCUT2D eigenvalue weighted by Crippen LogP contribution is 2.19. The van der Waals surface area contributed by atoms with Gasteiger partial charge in [0.05, 0.1) is 28.6 Å².